The van der Waals surface area contributed by atoms with Crippen LogP contribution in [0.2, 0.25) is 5.02 Å². The number of fused-ring (bicyclic) bond motifs is 1. The molecule has 4 rings (SSSR count). The molecule has 11 nitrogen and oxygen atoms in total. The Hall–Kier alpha value is -4.77. The van der Waals surface area contributed by atoms with Crippen molar-refractivity contribution < 1.29 is 28.5 Å². The third kappa shape index (κ3) is 4.98. The zero-order chi connectivity index (χ0) is 27.0. The summed E-state index contributed by atoms with van der Waals surface area (Å²) in [5, 5.41) is 23.3. The molecule has 0 radical (unpaired) electrons. The van der Waals surface area contributed by atoms with Gasteiger partial charge >= 0.3 is 5.97 Å². The molecule has 188 valence electrons. The number of benzene rings is 3. The van der Waals surface area contributed by atoms with Crippen molar-refractivity contribution in [3.8, 4) is 17.2 Å². The summed E-state index contributed by atoms with van der Waals surface area (Å²) >= 11 is 6.17. The monoisotopic (exact) mass is 524 g/mol. The second-order valence-corrected chi connectivity index (χ2v) is 8.48. The summed E-state index contributed by atoms with van der Waals surface area (Å²) in [6.45, 7) is 4.83. The summed E-state index contributed by atoms with van der Waals surface area (Å²) in [6.07, 6.45) is 1.11. The number of hydrogen-bond acceptors (Lipinski definition) is 9. The molecule has 0 unspecified atom stereocenters. The molecule has 1 heterocycles. The minimum absolute atomic E-state index is 0.0517. The molecular weight excluding hydrogens is 508 g/mol. The fourth-order valence-corrected chi connectivity index (χ4v) is 3.77. The fourth-order valence-electron chi connectivity index (χ4n) is 3.66. The first kappa shape index (κ1) is 25.3. The molecular formula is C25H17ClN2O9. The zero-order valence-electron chi connectivity index (χ0n) is 19.6. The first-order chi connectivity index (χ1) is 17.5. The third-order valence-electron chi connectivity index (χ3n) is 5.54. The van der Waals surface area contributed by atoms with E-state index in [2.05, 4.69) is 0 Å². The van der Waals surface area contributed by atoms with Gasteiger partial charge in [0.25, 0.3) is 11.4 Å². The van der Waals surface area contributed by atoms with Crippen molar-refractivity contribution in [1.29, 1.82) is 0 Å². The topological polar surface area (TPSA) is 152 Å². The van der Waals surface area contributed by atoms with Gasteiger partial charge in [-0.1, -0.05) is 11.6 Å². The van der Waals surface area contributed by atoms with E-state index in [-0.39, 0.29) is 33.6 Å². The molecule has 1 aromatic heterocycles. The van der Waals surface area contributed by atoms with Gasteiger partial charge in [0, 0.05) is 23.2 Å². The summed E-state index contributed by atoms with van der Waals surface area (Å²) in [5.41, 5.74) is -0.617. The maximum atomic E-state index is 12.9. The van der Waals surface area contributed by atoms with Gasteiger partial charge in [0.1, 0.15) is 28.9 Å². The second-order valence-electron chi connectivity index (χ2n) is 8.10. The number of halogens is 1. The van der Waals surface area contributed by atoms with E-state index in [0.717, 1.165) is 29.5 Å². The summed E-state index contributed by atoms with van der Waals surface area (Å²) in [7, 11) is 0. The van der Waals surface area contributed by atoms with Crippen LogP contribution in [0.4, 0.5) is 11.4 Å². The molecule has 4 aromatic rings. The van der Waals surface area contributed by atoms with Gasteiger partial charge < -0.3 is 13.9 Å². The van der Waals surface area contributed by atoms with E-state index in [1.54, 1.807) is 26.0 Å². The molecule has 0 N–H and O–H groups in total. The lowest BCUT2D eigenvalue weighted by Gasteiger charge is -2.10. The summed E-state index contributed by atoms with van der Waals surface area (Å²) < 4.78 is 16.4. The molecule has 0 aliphatic rings. The number of esters is 1. The zero-order valence-corrected chi connectivity index (χ0v) is 20.3. The average Bonchev–Trinajstić information content (AvgIpc) is 2.84. The highest BCUT2D eigenvalue weighted by Gasteiger charge is 2.26. The van der Waals surface area contributed by atoms with Crippen LogP contribution in [0.25, 0.3) is 11.0 Å². The van der Waals surface area contributed by atoms with E-state index in [1.807, 2.05) is 0 Å². The number of carbonyl (C=O) groups excluding carboxylic acids is 1. The summed E-state index contributed by atoms with van der Waals surface area (Å²) in [5.74, 6) is -0.791. The number of nitrogens with zero attached hydrogens (tertiary/aromatic N) is 2. The molecule has 0 aliphatic carbocycles. The number of carbonyl (C=O) groups is 1. The molecule has 0 amide bonds. The van der Waals surface area contributed by atoms with E-state index < -0.39 is 32.6 Å². The molecule has 0 bridgehead atoms. The molecule has 37 heavy (non-hydrogen) atoms. The lowest BCUT2D eigenvalue weighted by atomic mass is 10.1. The molecule has 0 fully saturated rings. The number of rotatable bonds is 6. The molecule has 12 heteroatoms. The number of hydrogen-bond donors (Lipinski definition) is 0. The van der Waals surface area contributed by atoms with Gasteiger partial charge in [-0.05, 0) is 56.2 Å². The Morgan fingerprint density at radius 1 is 0.919 bits per heavy atom. The van der Waals surface area contributed by atoms with Crippen LogP contribution in [0, 0.1) is 41.0 Å². The maximum Gasteiger partial charge on any atom is 0.344 e. The summed E-state index contributed by atoms with van der Waals surface area (Å²) in [6, 6.07) is 9.10. The van der Waals surface area contributed by atoms with E-state index in [1.165, 1.54) is 25.1 Å². The number of nitro groups is 2. The molecule has 0 saturated heterocycles. The van der Waals surface area contributed by atoms with Crippen molar-refractivity contribution in [3.05, 3.63) is 106 Å². The molecule has 3 aromatic carbocycles. The largest absolute Gasteiger partial charge is 0.460 e. The third-order valence-corrected chi connectivity index (χ3v) is 6.14. The van der Waals surface area contributed by atoms with Crippen LogP contribution in [0.15, 0.2) is 57.9 Å². The first-order valence-corrected chi connectivity index (χ1v) is 11.0. The predicted octanol–water partition coefficient (Wildman–Crippen LogP) is 6.20. The Morgan fingerprint density at radius 2 is 1.51 bits per heavy atom. The van der Waals surface area contributed by atoms with E-state index in [0.29, 0.717) is 10.8 Å². The highest BCUT2D eigenvalue weighted by molar-refractivity contribution is 6.32. The van der Waals surface area contributed by atoms with Crippen molar-refractivity contribution in [1.82, 2.24) is 0 Å². The van der Waals surface area contributed by atoms with Crippen LogP contribution in [0.1, 0.15) is 27.0 Å². The van der Waals surface area contributed by atoms with Crippen molar-refractivity contribution in [2.75, 3.05) is 0 Å². The van der Waals surface area contributed by atoms with Gasteiger partial charge in [-0.15, -0.1) is 0 Å². The minimum Gasteiger partial charge on any atom is -0.460 e. The van der Waals surface area contributed by atoms with E-state index >= 15 is 0 Å². The quantitative estimate of drug-likeness (QED) is 0.124. The van der Waals surface area contributed by atoms with Crippen molar-refractivity contribution in [2.24, 2.45) is 0 Å². The van der Waals surface area contributed by atoms with Crippen molar-refractivity contribution in [2.45, 2.75) is 20.8 Å². The van der Waals surface area contributed by atoms with Gasteiger partial charge in [-0.2, -0.15) is 0 Å². The predicted molar refractivity (Wildman–Crippen MR) is 133 cm³/mol. The second kappa shape index (κ2) is 9.70. The van der Waals surface area contributed by atoms with Crippen LogP contribution >= 0.6 is 11.6 Å². The van der Waals surface area contributed by atoms with Crippen LogP contribution in [-0.4, -0.2) is 15.8 Å². The minimum atomic E-state index is -1.07. The number of ether oxygens (including phenoxy) is 2. The first-order valence-electron chi connectivity index (χ1n) is 10.6. The van der Waals surface area contributed by atoms with Crippen LogP contribution in [-0.2, 0) is 0 Å². The number of aryl methyl sites for hydroxylation is 2. The molecule has 0 atom stereocenters. The number of nitro benzene ring substituents is 2. The maximum absolute atomic E-state index is 12.9. The normalized spacial score (nSPS) is 10.8. The Kier molecular flexibility index (Phi) is 6.64. The fraction of sp³-hybridized carbons (Fsp3) is 0.120. The van der Waals surface area contributed by atoms with Crippen molar-refractivity contribution >= 4 is 39.9 Å². The Bertz CT molecular complexity index is 1620. The van der Waals surface area contributed by atoms with E-state index in [9.17, 15) is 29.8 Å². The van der Waals surface area contributed by atoms with Gasteiger partial charge in [-0.3, -0.25) is 25.0 Å². The molecule has 0 aliphatic heterocycles. The van der Waals surface area contributed by atoms with Gasteiger partial charge in [0.05, 0.1) is 20.8 Å². The van der Waals surface area contributed by atoms with Crippen LogP contribution < -0.4 is 14.9 Å². The lowest BCUT2D eigenvalue weighted by molar-refractivity contribution is -0.395. The van der Waals surface area contributed by atoms with Crippen LogP contribution in [0.3, 0.4) is 0 Å². The SMILES string of the molecule is Cc1cc(Oc2coc3cc(OC(=O)c4cc([N+](=O)[O-])c(C)c([N+](=O)[O-])c4)ccc3c2=O)cc(C)c1Cl. The Labute approximate surface area is 213 Å². The van der Waals surface area contributed by atoms with Gasteiger partial charge in [0.2, 0.25) is 11.2 Å². The molecule has 0 saturated carbocycles. The highest BCUT2D eigenvalue weighted by atomic mass is 35.5. The smallest absolute Gasteiger partial charge is 0.344 e. The lowest BCUT2D eigenvalue weighted by Crippen LogP contribution is -2.11. The van der Waals surface area contributed by atoms with Crippen LogP contribution in [0.5, 0.6) is 17.2 Å². The standard InChI is InChI=1S/C25H17ClN2O9/c1-12-6-17(7-13(2)23(12)26)36-22-11-35-21-10-16(4-5-18(21)24(22)29)37-25(30)15-8-19(27(31)32)14(3)20(9-15)28(33)34/h4-11H,1-3H3. The average molecular weight is 525 g/mol. The van der Waals surface area contributed by atoms with Gasteiger partial charge in [0.15, 0.2) is 0 Å². The Morgan fingerprint density at radius 3 is 2.08 bits per heavy atom. The van der Waals surface area contributed by atoms with E-state index in [4.69, 9.17) is 25.5 Å². The molecule has 0 spiro atoms. The van der Waals surface area contributed by atoms with Crippen molar-refractivity contribution in [3.63, 3.8) is 0 Å². The van der Waals surface area contributed by atoms with Gasteiger partial charge in [-0.25, -0.2) is 4.79 Å². The summed E-state index contributed by atoms with van der Waals surface area (Å²) in [4.78, 5) is 46.4. The highest BCUT2D eigenvalue weighted by Crippen LogP contribution is 2.31. The Balaban J connectivity index is 1.63.